The Morgan fingerprint density at radius 2 is 2.15 bits per heavy atom. The highest BCUT2D eigenvalue weighted by molar-refractivity contribution is 8.09. The van der Waals surface area contributed by atoms with Crippen molar-refractivity contribution in [3.8, 4) is 12.3 Å². The second kappa shape index (κ2) is 13.5. The van der Waals surface area contributed by atoms with Gasteiger partial charge in [0, 0.05) is 7.11 Å². The first-order valence-corrected chi connectivity index (χ1v) is 15.1. The first-order valence-electron chi connectivity index (χ1n) is 12.4. The number of allylic oxidation sites excluding steroid dienone is 5. The van der Waals surface area contributed by atoms with E-state index in [0.29, 0.717) is 12.2 Å². The molecule has 0 amide bonds. The number of carbonyl (C=O) groups is 1. The number of aliphatic hydroxyl groups excluding tert-OH is 1. The topological polar surface area (TPSA) is 196 Å². The number of nitrogens with zero attached hydrogens (tertiary/aromatic N) is 3. The van der Waals surface area contributed by atoms with E-state index >= 15 is 0 Å². The van der Waals surface area contributed by atoms with Crippen LogP contribution in [0.2, 0.25) is 0 Å². The molecular formula is C25H33N6O8PS. The Kier molecular flexibility index (Phi) is 10.6. The second-order valence-corrected chi connectivity index (χ2v) is 12.3. The SMILES string of the molecule is C#C[C@@](O)([C@H](O)[C@@H](COP(=S)(NC(C)C(=O)OC(C)C)OC1=CC=CCC=C1)OC)n1cnc2c(=O)[nH]c(N)nc21. The van der Waals surface area contributed by atoms with E-state index in [1.54, 1.807) is 39.0 Å². The summed E-state index contributed by atoms with van der Waals surface area (Å²) in [4.78, 5) is 34.9. The van der Waals surface area contributed by atoms with Crippen molar-refractivity contribution in [2.24, 2.45) is 0 Å². The molecule has 1 aliphatic carbocycles. The zero-order chi connectivity index (χ0) is 30.4. The van der Waals surface area contributed by atoms with Crippen LogP contribution in [0, 0.1) is 12.3 Å². The Labute approximate surface area is 241 Å². The number of fused-ring (bicyclic) bond motifs is 1. The third kappa shape index (κ3) is 7.69. The number of terminal acetylenes is 1. The lowest BCUT2D eigenvalue weighted by Gasteiger charge is -2.35. The lowest BCUT2D eigenvalue weighted by atomic mass is 10.0. The summed E-state index contributed by atoms with van der Waals surface area (Å²) in [6.07, 6.45) is 12.7. The molecule has 0 spiro atoms. The molecule has 0 aromatic carbocycles. The van der Waals surface area contributed by atoms with Crippen molar-refractivity contribution in [2.45, 2.75) is 57.3 Å². The van der Waals surface area contributed by atoms with Crippen LogP contribution < -0.4 is 16.4 Å². The number of H-pyrrole nitrogens is 1. The van der Waals surface area contributed by atoms with Crippen molar-refractivity contribution in [2.75, 3.05) is 19.5 Å². The molecule has 6 N–H and O–H groups in total. The summed E-state index contributed by atoms with van der Waals surface area (Å²) in [5, 5.41) is 25.5. The fourth-order valence-corrected chi connectivity index (χ4v) is 6.08. The number of rotatable bonds is 13. The van der Waals surface area contributed by atoms with E-state index < -0.39 is 48.8 Å². The Balaban J connectivity index is 1.89. The third-order valence-electron chi connectivity index (χ3n) is 5.71. The van der Waals surface area contributed by atoms with Crippen LogP contribution in [0.25, 0.3) is 11.2 Å². The summed E-state index contributed by atoms with van der Waals surface area (Å²) in [5.41, 5.74) is 2.12. The van der Waals surface area contributed by atoms with E-state index in [2.05, 4.69) is 26.0 Å². The number of imidazole rings is 1. The van der Waals surface area contributed by atoms with Crippen LogP contribution in [0.4, 0.5) is 5.95 Å². The molecule has 14 nitrogen and oxygen atoms in total. The summed E-state index contributed by atoms with van der Waals surface area (Å²) >= 11 is 5.71. The second-order valence-electron chi connectivity index (χ2n) is 9.18. The smallest absolute Gasteiger partial charge is 0.323 e. The van der Waals surface area contributed by atoms with Crippen molar-refractivity contribution in [1.82, 2.24) is 24.6 Å². The van der Waals surface area contributed by atoms with Gasteiger partial charge in [-0.3, -0.25) is 19.1 Å². The van der Waals surface area contributed by atoms with Gasteiger partial charge in [0.15, 0.2) is 11.2 Å². The van der Waals surface area contributed by atoms with Crippen molar-refractivity contribution in [3.05, 3.63) is 52.8 Å². The van der Waals surface area contributed by atoms with Crippen molar-refractivity contribution >= 4 is 41.5 Å². The molecule has 2 heterocycles. The van der Waals surface area contributed by atoms with Crippen molar-refractivity contribution < 1.29 is 33.5 Å². The van der Waals surface area contributed by atoms with Gasteiger partial charge >= 0.3 is 12.6 Å². The maximum Gasteiger partial charge on any atom is 0.323 e. The highest BCUT2D eigenvalue weighted by Gasteiger charge is 2.44. The molecule has 16 heteroatoms. The van der Waals surface area contributed by atoms with Gasteiger partial charge < -0.3 is 34.5 Å². The highest BCUT2D eigenvalue weighted by atomic mass is 32.5. The standard InChI is InChI=1S/C25H33N6O8PS/c1-6-25(35,31-14-27-19-21(31)28-24(26)29-22(19)33)20(32)18(36-5)13-37-40(41,30-16(4)23(34)38-15(2)3)39-17-11-9-7-8-10-12-17/h1,7,9-12,14-16,18,20,32,35H,8,13H2,2-5H3,(H,30,41)(H3,26,28,29,33)/t16?,18-,20-,25-,40?/m1/s1. The number of hydrogen-bond donors (Lipinski definition) is 5. The molecule has 222 valence electrons. The number of aromatic nitrogens is 4. The van der Waals surface area contributed by atoms with Crippen LogP contribution in [0.5, 0.6) is 0 Å². The van der Waals surface area contributed by atoms with Gasteiger partial charge in [0.1, 0.15) is 30.3 Å². The Morgan fingerprint density at radius 1 is 1.41 bits per heavy atom. The Hall–Kier alpha value is -3.35. The maximum absolute atomic E-state index is 12.5. The minimum atomic E-state index is -3.53. The van der Waals surface area contributed by atoms with E-state index in [4.69, 9.17) is 42.5 Å². The minimum absolute atomic E-state index is 0.167. The number of hydrogen-bond acceptors (Lipinski definition) is 12. The molecule has 0 fully saturated rings. The number of nitrogens with one attached hydrogen (secondary N) is 2. The molecule has 2 aromatic heterocycles. The van der Waals surface area contributed by atoms with Crippen LogP contribution in [-0.2, 0) is 40.8 Å². The van der Waals surface area contributed by atoms with Gasteiger partial charge in [-0.05, 0) is 57.1 Å². The molecule has 5 atom stereocenters. The minimum Gasteiger partial charge on any atom is -0.462 e. The average Bonchev–Trinajstić information content (AvgIpc) is 3.18. The molecule has 0 radical (unpaired) electrons. The predicted molar refractivity (Wildman–Crippen MR) is 155 cm³/mol. The molecule has 2 aromatic rings. The summed E-state index contributed by atoms with van der Waals surface area (Å²) in [5.74, 6) is 1.65. The number of anilines is 1. The van der Waals surface area contributed by atoms with Gasteiger partial charge in [0.2, 0.25) is 11.7 Å². The van der Waals surface area contributed by atoms with Gasteiger partial charge in [-0.1, -0.05) is 18.2 Å². The number of aliphatic hydroxyl groups is 2. The molecule has 3 rings (SSSR count). The largest absolute Gasteiger partial charge is 0.462 e. The van der Waals surface area contributed by atoms with E-state index in [1.165, 1.54) is 7.11 Å². The number of nitrogens with two attached hydrogens (primary N) is 1. The van der Waals surface area contributed by atoms with Crippen molar-refractivity contribution in [3.63, 3.8) is 0 Å². The zero-order valence-corrected chi connectivity index (χ0v) is 24.6. The summed E-state index contributed by atoms with van der Waals surface area (Å²) in [7, 11) is 1.25. The molecule has 41 heavy (non-hydrogen) atoms. The highest BCUT2D eigenvalue weighted by Crippen LogP contribution is 2.48. The number of nitrogen functional groups attached to an aromatic ring is 1. The Bertz CT molecular complexity index is 1490. The first-order chi connectivity index (χ1) is 19.3. The van der Waals surface area contributed by atoms with Crippen LogP contribution in [-0.4, -0.2) is 73.8 Å². The lowest BCUT2D eigenvalue weighted by Crippen LogP contribution is -2.52. The first kappa shape index (κ1) is 32.2. The fraction of sp³-hybridized carbons (Fsp3) is 0.440. The number of esters is 1. The van der Waals surface area contributed by atoms with Gasteiger partial charge in [0.05, 0.1) is 12.7 Å². The third-order valence-corrected chi connectivity index (χ3v) is 8.21. The maximum atomic E-state index is 12.5. The average molecular weight is 609 g/mol. The van der Waals surface area contributed by atoms with Gasteiger partial charge in [-0.2, -0.15) is 4.98 Å². The normalized spacial score (nSPS) is 18.4. The molecule has 0 saturated heterocycles. The van der Waals surface area contributed by atoms with Gasteiger partial charge in [-0.25, -0.2) is 10.1 Å². The summed E-state index contributed by atoms with van der Waals surface area (Å²) in [6, 6.07) is -0.922. The van der Waals surface area contributed by atoms with Gasteiger partial charge in [0.25, 0.3) is 5.56 Å². The predicted octanol–water partition coefficient (Wildman–Crippen LogP) is 0.943. The van der Waals surface area contributed by atoms with Crippen LogP contribution in [0.15, 0.2) is 47.3 Å². The van der Waals surface area contributed by atoms with Crippen LogP contribution >= 0.6 is 6.64 Å². The summed E-state index contributed by atoms with van der Waals surface area (Å²) < 4.78 is 23.6. The zero-order valence-electron chi connectivity index (χ0n) is 22.9. The Morgan fingerprint density at radius 3 is 2.80 bits per heavy atom. The number of aromatic amines is 1. The van der Waals surface area contributed by atoms with E-state index in [9.17, 15) is 19.8 Å². The summed E-state index contributed by atoms with van der Waals surface area (Å²) in [6.45, 7) is 0.982. The molecule has 0 aliphatic heterocycles. The van der Waals surface area contributed by atoms with Crippen LogP contribution in [0.1, 0.15) is 27.2 Å². The monoisotopic (exact) mass is 608 g/mol. The molecular weight excluding hydrogens is 575 g/mol. The van der Waals surface area contributed by atoms with E-state index in [-0.39, 0.29) is 23.2 Å². The van der Waals surface area contributed by atoms with E-state index in [0.717, 1.165) is 10.9 Å². The number of ether oxygens (including phenoxy) is 2. The van der Waals surface area contributed by atoms with E-state index in [1.807, 2.05) is 12.2 Å². The van der Waals surface area contributed by atoms with Crippen LogP contribution in [0.3, 0.4) is 0 Å². The quantitative estimate of drug-likeness (QED) is 0.123. The number of methoxy groups -OCH3 is 1. The fourth-order valence-electron chi connectivity index (χ4n) is 3.67. The lowest BCUT2D eigenvalue weighted by molar-refractivity contribution is -0.151. The molecule has 0 saturated carbocycles. The van der Waals surface area contributed by atoms with Gasteiger partial charge in [-0.15, -0.1) is 6.42 Å². The van der Waals surface area contributed by atoms with Crippen molar-refractivity contribution in [1.29, 1.82) is 0 Å². The molecule has 2 unspecified atom stereocenters. The number of carbonyl (C=O) groups excluding carboxylic acids is 1. The molecule has 1 aliphatic rings. The molecule has 0 bridgehead atoms.